The second-order valence-electron chi connectivity index (χ2n) is 5.25. The third-order valence-electron chi connectivity index (χ3n) is 3.15. The van der Waals surface area contributed by atoms with Crippen LogP contribution in [0.5, 0.6) is 0 Å². The molecule has 0 fully saturated rings. The van der Waals surface area contributed by atoms with Crippen molar-refractivity contribution in [1.29, 1.82) is 0 Å². The molecular formula is C16H20N4O2. The summed E-state index contributed by atoms with van der Waals surface area (Å²) in [6, 6.07) is 9.17. The Hall–Kier alpha value is -2.47. The quantitative estimate of drug-likeness (QED) is 0.643. The minimum atomic E-state index is -0.678. The molecule has 0 spiro atoms. The number of hydrogen-bond acceptors (Lipinski definition) is 4. The van der Waals surface area contributed by atoms with E-state index in [1.807, 2.05) is 43.3 Å². The smallest absolute Gasteiger partial charge is 0.313 e. The Balaban J connectivity index is 1.94. The van der Waals surface area contributed by atoms with Gasteiger partial charge in [0, 0.05) is 18.1 Å². The fourth-order valence-corrected chi connectivity index (χ4v) is 2.06. The highest BCUT2D eigenvalue weighted by atomic mass is 16.2. The van der Waals surface area contributed by atoms with Crippen molar-refractivity contribution in [2.75, 3.05) is 32.5 Å². The van der Waals surface area contributed by atoms with Crippen molar-refractivity contribution in [2.24, 2.45) is 0 Å². The minimum Gasteiger partial charge on any atom is -0.348 e. The van der Waals surface area contributed by atoms with Crippen LogP contribution in [0.4, 0.5) is 5.69 Å². The largest absolute Gasteiger partial charge is 0.348 e. The summed E-state index contributed by atoms with van der Waals surface area (Å²) in [7, 11) is 3.92. The van der Waals surface area contributed by atoms with Crippen molar-refractivity contribution in [1.82, 2.24) is 15.2 Å². The maximum Gasteiger partial charge on any atom is 0.313 e. The van der Waals surface area contributed by atoms with Gasteiger partial charge < -0.3 is 15.5 Å². The van der Waals surface area contributed by atoms with E-state index in [0.29, 0.717) is 17.7 Å². The predicted octanol–water partition coefficient (Wildman–Crippen LogP) is 1.24. The average Bonchev–Trinajstić information content (AvgIpc) is 2.51. The first-order chi connectivity index (χ1) is 10.6. The lowest BCUT2D eigenvalue weighted by molar-refractivity contribution is -0.136. The molecule has 0 bridgehead atoms. The van der Waals surface area contributed by atoms with Gasteiger partial charge in [0.15, 0.2) is 0 Å². The first-order valence-electron chi connectivity index (χ1n) is 7.15. The molecule has 0 saturated carbocycles. The second-order valence-corrected chi connectivity index (χ2v) is 5.25. The van der Waals surface area contributed by atoms with Crippen LogP contribution in [0.15, 0.2) is 36.5 Å². The lowest BCUT2D eigenvalue weighted by atomic mass is 10.2. The molecule has 1 heterocycles. The van der Waals surface area contributed by atoms with Crippen LogP contribution in [-0.2, 0) is 9.59 Å². The summed E-state index contributed by atoms with van der Waals surface area (Å²) in [6.07, 6.45) is 2.45. The summed E-state index contributed by atoms with van der Waals surface area (Å²) in [5, 5.41) is 6.13. The summed E-state index contributed by atoms with van der Waals surface area (Å²) < 4.78 is 0. The molecule has 2 amide bonds. The summed E-state index contributed by atoms with van der Waals surface area (Å²) in [4.78, 5) is 30.0. The molecule has 116 valence electrons. The number of aromatic nitrogens is 1. The van der Waals surface area contributed by atoms with Crippen LogP contribution in [0.25, 0.3) is 10.9 Å². The highest BCUT2D eigenvalue weighted by Gasteiger charge is 2.14. The zero-order chi connectivity index (χ0) is 15.9. The molecule has 1 aromatic carbocycles. The number of pyridine rings is 1. The summed E-state index contributed by atoms with van der Waals surface area (Å²) in [6.45, 7) is 1.33. The van der Waals surface area contributed by atoms with Crippen molar-refractivity contribution in [2.45, 2.75) is 6.42 Å². The number of hydrogen-bond donors (Lipinski definition) is 2. The van der Waals surface area contributed by atoms with Crippen molar-refractivity contribution in [3.05, 3.63) is 36.5 Å². The van der Waals surface area contributed by atoms with E-state index in [9.17, 15) is 9.59 Å². The normalized spacial score (nSPS) is 10.7. The molecule has 0 unspecified atom stereocenters. The number of carbonyl (C=O) groups is 2. The van der Waals surface area contributed by atoms with Crippen molar-refractivity contribution in [3.8, 4) is 0 Å². The maximum absolute atomic E-state index is 11.9. The number of para-hydroxylation sites is 1. The molecule has 2 aromatic rings. The number of nitrogens with zero attached hydrogens (tertiary/aromatic N) is 2. The molecule has 6 heteroatoms. The van der Waals surface area contributed by atoms with Crippen LogP contribution in [0.3, 0.4) is 0 Å². The monoisotopic (exact) mass is 300 g/mol. The van der Waals surface area contributed by atoms with Crippen LogP contribution >= 0.6 is 0 Å². The van der Waals surface area contributed by atoms with E-state index in [-0.39, 0.29) is 0 Å². The summed E-state index contributed by atoms with van der Waals surface area (Å²) in [5.41, 5.74) is 1.20. The molecule has 0 radical (unpaired) electrons. The lowest BCUT2D eigenvalue weighted by Gasteiger charge is -2.10. The van der Waals surface area contributed by atoms with E-state index in [1.54, 1.807) is 12.3 Å². The fourth-order valence-electron chi connectivity index (χ4n) is 2.06. The predicted molar refractivity (Wildman–Crippen MR) is 86.6 cm³/mol. The topological polar surface area (TPSA) is 74.3 Å². The number of rotatable bonds is 5. The van der Waals surface area contributed by atoms with Gasteiger partial charge in [-0.25, -0.2) is 0 Å². The van der Waals surface area contributed by atoms with Crippen molar-refractivity contribution in [3.63, 3.8) is 0 Å². The molecule has 1 aromatic heterocycles. The molecule has 0 aliphatic carbocycles. The van der Waals surface area contributed by atoms with Crippen LogP contribution in [0.1, 0.15) is 6.42 Å². The Labute approximate surface area is 129 Å². The number of carbonyl (C=O) groups excluding carboxylic acids is 2. The van der Waals surface area contributed by atoms with Gasteiger partial charge in [0.1, 0.15) is 0 Å². The van der Waals surface area contributed by atoms with Gasteiger partial charge in [-0.05, 0) is 39.2 Å². The zero-order valence-electron chi connectivity index (χ0n) is 12.8. The van der Waals surface area contributed by atoms with Crippen LogP contribution < -0.4 is 10.6 Å². The molecular weight excluding hydrogens is 280 g/mol. The molecule has 0 aliphatic rings. The summed E-state index contributed by atoms with van der Waals surface area (Å²) in [5.74, 6) is -1.31. The first kappa shape index (κ1) is 15.9. The van der Waals surface area contributed by atoms with E-state index in [2.05, 4.69) is 15.6 Å². The van der Waals surface area contributed by atoms with Crippen LogP contribution in [0, 0.1) is 0 Å². The Morgan fingerprint density at radius 2 is 1.91 bits per heavy atom. The number of amides is 2. The Morgan fingerprint density at radius 3 is 2.68 bits per heavy atom. The lowest BCUT2D eigenvalue weighted by Crippen LogP contribution is -2.36. The molecule has 0 saturated heterocycles. The number of benzene rings is 1. The van der Waals surface area contributed by atoms with Crippen molar-refractivity contribution < 1.29 is 9.59 Å². The second kappa shape index (κ2) is 7.51. The number of nitrogens with one attached hydrogen (secondary N) is 2. The average molecular weight is 300 g/mol. The van der Waals surface area contributed by atoms with Gasteiger partial charge in [-0.3, -0.25) is 14.6 Å². The van der Waals surface area contributed by atoms with E-state index in [1.165, 1.54) is 0 Å². The Bertz CT molecular complexity index is 665. The molecule has 6 nitrogen and oxygen atoms in total. The van der Waals surface area contributed by atoms with Gasteiger partial charge in [-0.1, -0.05) is 18.2 Å². The van der Waals surface area contributed by atoms with Gasteiger partial charge in [-0.2, -0.15) is 0 Å². The van der Waals surface area contributed by atoms with Gasteiger partial charge in [-0.15, -0.1) is 0 Å². The third kappa shape index (κ3) is 4.26. The van der Waals surface area contributed by atoms with E-state index < -0.39 is 11.8 Å². The standard InChI is InChI=1S/C16H20N4O2/c1-20(2)11-5-10-18-15(21)16(22)19-13-8-3-6-12-7-4-9-17-14(12)13/h3-4,6-9H,5,10-11H2,1-2H3,(H,18,21)(H,19,22). The highest BCUT2D eigenvalue weighted by Crippen LogP contribution is 2.20. The van der Waals surface area contributed by atoms with Gasteiger partial charge >= 0.3 is 11.8 Å². The molecule has 2 rings (SSSR count). The van der Waals surface area contributed by atoms with E-state index in [4.69, 9.17) is 0 Å². The third-order valence-corrected chi connectivity index (χ3v) is 3.15. The van der Waals surface area contributed by atoms with Gasteiger partial charge in [0.25, 0.3) is 0 Å². The zero-order valence-corrected chi connectivity index (χ0v) is 12.8. The molecule has 2 N–H and O–H groups in total. The van der Waals surface area contributed by atoms with Crippen molar-refractivity contribution >= 4 is 28.4 Å². The molecule has 0 aliphatic heterocycles. The summed E-state index contributed by atoms with van der Waals surface area (Å²) >= 11 is 0. The van der Waals surface area contributed by atoms with Gasteiger partial charge in [0.05, 0.1) is 11.2 Å². The van der Waals surface area contributed by atoms with Crippen LogP contribution in [0.2, 0.25) is 0 Å². The van der Waals surface area contributed by atoms with E-state index in [0.717, 1.165) is 18.4 Å². The number of fused-ring (bicyclic) bond motifs is 1. The Morgan fingerprint density at radius 1 is 1.14 bits per heavy atom. The molecule has 22 heavy (non-hydrogen) atoms. The highest BCUT2D eigenvalue weighted by molar-refractivity contribution is 6.40. The minimum absolute atomic E-state index is 0.470. The maximum atomic E-state index is 11.9. The molecule has 0 atom stereocenters. The first-order valence-corrected chi connectivity index (χ1v) is 7.15. The van der Waals surface area contributed by atoms with Gasteiger partial charge in [0.2, 0.25) is 0 Å². The van der Waals surface area contributed by atoms with E-state index >= 15 is 0 Å². The SMILES string of the molecule is CN(C)CCCNC(=O)C(=O)Nc1cccc2cccnc12. The number of anilines is 1. The fraction of sp³-hybridized carbons (Fsp3) is 0.312. The van der Waals surface area contributed by atoms with Crippen LogP contribution in [-0.4, -0.2) is 48.9 Å². The Kier molecular flexibility index (Phi) is 5.43.